The van der Waals surface area contributed by atoms with E-state index in [2.05, 4.69) is 60.4 Å². The van der Waals surface area contributed by atoms with Crippen molar-refractivity contribution < 1.29 is 0 Å². The molecule has 1 saturated carbocycles. The van der Waals surface area contributed by atoms with Crippen molar-refractivity contribution in [1.82, 2.24) is 9.21 Å². The number of rotatable bonds is 11. The summed E-state index contributed by atoms with van der Waals surface area (Å²) in [6, 6.07) is 6.52. The van der Waals surface area contributed by atoms with Gasteiger partial charge in [0.05, 0.1) is 0 Å². The third kappa shape index (κ3) is 5.93. The Kier molecular flexibility index (Phi) is 8.10. The zero-order chi connectivity index (χ0) is 18.2. The molecule has 4 nitrogen and oxygen atoms in total. The molecule has 0 bridgehead atoms. The Balaban J connectivity index is 2.20. The van der Waals surface area contributed by atoms with Crippen molar-refractivity contribution >= 4 is 23.5 Å². The van der Waals surface area contributed by atoms with E-state index in [1.165, 1.54) is 30.7 Å². The van der Waals surface area contributed by atoms with Crippen molar-refractivity contribution in [2.24, 2.45) is 5.92 Å². The van der Waals surface area contributed by atoms with Gasteiger partial charge < -0.3 is 10.2 Å². The van der Waals surface area contributed by atoms with Crippen LogP contribution in [0.2, 0.25) is 0 Å². The van der Waals surface area contributed by atoms with Gasteiger partial charge in [-0.2, -0.15) is 0 Å². The molecule has 0 aromatic heterocycles. The molecule has 1 fully saturated rings. The highest BCUT2D eigenvalue weighted by Gasteiger charge is 2.24. The number of amidine groups is 1. The van der Waals surface area contributed by atoms with E-state index >= 15 is 0 Å². The quantitative estimate of drug-likeness (QED) is 0.333. The van der Waals surface area contributed by atoms with E-state index in [0.717, 1.165) is 43.3 Å². The van der Waals surface area contributed by atoms with E-state index < -0.39 is 0 Å². The van der Waals surface area contributed by atoms with Gasteiger partial charge in [-0.15, -0.1) is 0 Å². The fourth-order valence-corrected chi connectivity index (χ4v) is 4.15. The molecule has 140 valence electrons. The monoisotopic (exact) mass is 362 g/mol. The lowest BCUT2D eigenvalue weighted by Gasteiger charge is -2.25. The first-order valence-corrected chi connectivity index (χ1v) is 10.5. The second-order valence-electron chi connectivity index (χ2n) is 6.68. The highest BCUT2D eigenvalue weighted by molar-refractivity contribution is 7.97. The Morgan fingerprint density at radius 1 is 1.20 bits per heavy atom. The van der Waals surface area contributed by atoms with Crippen molar-refractivity contribution in [2.75, 3.05) is 38.0 Å². The second-order valence-corrected chi connectivity index (χ2v) is 7.85. The molecule has 0 atom stereocenters. The van der Waals surface area contributed by atoms with Gasteiger partial charge in [0.15, 0.2) is 0 Å². The van der Waals surface area contributed by atoms with Crippen molar-refractivity contribution in [3.63, 3.8) is 0 Å². The fraction of sp³-hybridized carbons (Fsp3) is 0.650. The number of nitrogens with zero attached hydrogens (tertiary/aromatic N) is 2. The summed E-state index contributed by atoms with van der Waals surface area (Å²) in [7, 11) is 0. The molecule has 0 radical (unpaired) electrons. The molecule has 0 amide bonds. The van der Waals surface area contributed by atoms with E-state index in [-0.39, 0.29) is 0 Å². The normalized spacial score (nSPS) is 14.0. The third-order valence-corrected chi connectivity index (χ3v) is 5.61. The van der Waals surface area contributed by atoms with E-state index in [1.54, 1.807) is 0 Å². The summed E-state index contributed by atoms with van der Waals surface area (Å²) >= 11 is 1.86. The minimum atomic E-state index is 0.618. The minimum absolute atomic E-state index is 0.618. The second kappa shape index (κ2) is 10.1. The SMILES string of the molecule is CCCN(CC1CC1)Sc1ccc(NCC)c(C(=N)N(CC)CC)c1. The van der Waals surface area contributed by atoms with Crippen LogP contribution >= 0.6 is 11.9 Å². The first-order valence-electron chi connectivity index (χ1n) is 9.77. The molecule has 1 aromatic rings. The molecule has 0 saturated heterocycles. The van der Waals surface area contributed by atoms with Crippen molar-refractivity contribution in [3.05, 3.63) is 23.8 Å². The lowest BCUT2D eigenvalue weighted by Crippen LogP contribution is -2.31. The maximum atomic E-state index is 8.65. The number of hydrogen-bond acceptors (Lipinski definition) is 4. The van der Waals surface area contributed by atoms with Crippen LogP contribution in [0.5, 0.6) is 0 Å². The van der Waals surface area contributed by atoms with Crippen LogP contribution in [0.1, 0.15) is 52.5 Å². The van der Waals surface area contributed by atoms with Crippen molar-refractivity contribution in [1.29, 1.82) is 5.41 Å². The van der Waals surface area contributed by atoms with Crippen LogP contribution in [0.3, 0.4) is 0 Å². The van der Waals surface area contributed by atoms with Crippen LogP contribution in [-0.4, -0.2) is 47.8 Å². The van der Waals surface area contributed by atoms with Crippen LogP contribution in [-0.2, 0) is 0 Å². The summed E-state index contributed by atoms with van der Waals surface area (Å²) in [5, 5.41) is 12.1. The lowest BCUT2D eigenvalue weighted by atomic mass is 10.1. The van der Waals surface area contributed by atoms with Crippen LogP contribution < -0.4 is 5.32 Å². The van der Waals surface area contributed by atoms with E-state index in [1.807, 2.05) is 11.9 Å². The first-order chi connectivity index (χ1) is 12.1. The van der Waals surface area contributed by atoms with Gasteiger partial charge in [-0.05, 0) is 76.1 Å². The summed E-state index contributed by atoms with van der Waals surface area (Å²) in [5.41, 5.74) is 2.08. The Morgan fingerprint density at radius 3 is 2.48 bits per heavy atom. The van der Waals surface area contributed by atoms with Crippen LogP contribution in [0.25, 0.3) is 0 Å². The molecular weight excluding hydrogens is 328 g/mol. The predicted molar refractivity (Wildman–Crippen MR) is 111 cm³/mol. The minimum Gasteiger partial charge on any atom is -0.385 e. The van der Waals surface area contributed by atoms with Crippen LogP contribution in [0.15, 0.2) is 23.1 Å². The molecule has 1 aliphatic rings. The van der Waals surface area contributed by atoms with Gasteiger partial charge in [0.25, 0.3) is 0 Å². The number of hydrogen-bond donors (Lipinski definition) is 2. The van der Waals surface area contributed by atoms with Gasteiger partial charge in [0.1, 0.15) is 5.84 Å². The Labute approximate surface area is 158 Å². The largest absolute Gasteiger partial charge is 0.385 e. The van der Waals surface area contributed by atoms with E-state index in [9.17, 15) is 0 Å². The number of nitrogens with one attached hydrogen (secondary N) is 2. The molecule has 1 aliphatic carbocycles. The molecular formula is C20H34N4S. The number of benzene rings is 1. The van der Waals surface area contributed by atoms with Gasteiger partial charge in [0, 0.05) is 48.9 Å². The average molecular weight is 363 g/mol. The molecule has 2 rings (SSSR count). The van der Waals surface area contributed by atoms with Gasteiger partial charge in [0.2, 0.25) is 0 Å². The maximum Gasteiger partial charge on any atom is 0.130 e. The molecule has 5 heteroatoms. The highest BCUT2D eigenvalue weighted by Crippen LogP contribution is 2.34. The Hall–Kier alpha value is -1.20. The predicted octanol–water partition coefficient (Wildman–Crippen LogP) is 4.91. The Morgan fingerprint density at radius 2 is 1.92 bits per heavy atom. The van der Waals surface area contributed by atoms with E-state index in [4.69, 9.17) is 5.41 Å². The standard InChI is InChI=1S/C20H34N4S/c1-5-13-24(15-16-9-10-16)25-17-11-12-19(22-6-2)18(14-17)20(21)23(7-3)8-4/h11-12,14,16,21-22H,5-10,13,15H2,1-4H3. The molecule has 1 aromatic carbocycles. The van der Waals surface area contributed by atoms with Crippen molar-refractivity contribution in [2.45, 2.75) is 51.9 Å². The zero-order valence-electron chi connectivity index (χ0n) is 16.3. The van der Waals surface area contributed by atoms with Gasteiger partial charge in [-0.25, -0.2) is 4.31 Å². The molecule has 0 spiro atoms. The highest BCUT2D eigenvalue weighted by atomic mass is 32.2. The summed E-state index contributed by atoms with van der Waals surface area (Å²) in [4.78, 5) is 3.35. The number of anilines is 1. The first kappa shape index (κ1) is 20.1. The molecule has 2 N–H and O–H groups in total. The zero-order valence-corrected chi connectivity index (χ0v) is 17.1. The van der Waals surface area contributed by atoms with E-state index in [0.29, 0.717) is 5.84 Å². The average Bonchev–Trinajstić information content (AvgIpc) is 3.41. The topological polar surface area (TPSA) is 42.4 Å². The summed E-state index contributed by atoms with van der Waals surface area (Å²) < 4.78 is 2.50. The molecule has 0 aliphatic heterocycles. The molecule has 25 heavy (non-hydrogen) atoms. The summed E-state index contributed by atoms with van der Waals surface area (Å²) in [6.45, 7) is 13.5. The van der Waals surface area contributed by atoms with Crippen molar-refractivity contribution in [3.8, 4) is 0 Å². The maximum absolute atomic E-state index is 8.65. The fourth-order valence-electron chi connectivity index (χ4n) is 2.99. The third-order valence-electron chi connectivity index (χ3n) is 4.56. The summed E-state index contributed by atoms with van der Waals surface area (Å²) in [5.74, 6) is 1.51. The Bertz CT molecular complexity index is 553. The molecule has 0 unspecified atom stereocenters. The van der Waals surface area contributed by atoms with Gasteiger partial charge >= 0.3 is 0 Å². The van der Waals surface area contributed by atoms with Gasteiger partial charge in [-0.3, -0.25) is 5.41 Å². The molecule has 0 heterocycles. The smallest absolute Gasteiger partial charge is 0.130 e. The van der Waals surface area contributed by atoms with Crippen LogP contribution in [0, 0.1) is 11.3 Å². The van der Waals surface area contributed by atoms with Crippen LogP contribution in [0.4, 0.5) is 5.69 Å². The van der Waals surface area contributed by atoms with Gasteiger partial charge in [-0.1, -0.05) is 6.92 Å². The summed E-state index contributed by atoms with van der Waals surface area (Å²) in [6.07, 6.45) is 3.95. The lowest BCUT2D eigenvalue weighted by molar-refractivity contribution is 0.447.